The fraction of sp³-hybridized carbons (Fsp3) is 0.684. The van der Waals surface area contributed by atoms with Crippen molar-refractivity contribution in [1.82, 2.24) is 0 Å². The van der Waals surface area contributed by atoms with Crippen molar-refractivity contribution in [2.45, 2.75) is 77.3 Å². The number of benzene rings is 1. The third-order valence-electron chi connectivity index (χ3n) is 5.41. The zero-order chi connectivity index (χ0) is 15.7. The van der Waals surface area contributed by atoms with Crippen molar-refractivity contribution in [3.05, 3.63) is 23.3 Å². The molecule has 3 heteroatoms. The van der Waals surface area contributed by atoms with Crippen LogP contribution in [0.3, 0.4) is 0 Å². The molecule has 120 valence electrons. The van der Waals surface area contributed by atoms with Crippen LogP contribution in [0.15, 0.2) is 12.1 Å². The van der Waals surface area contributed by atoms with E-state index in [1.165, 1.54) is 11.1 Å². The third kappa shape index (κ3) is 2.05. The molecule has 3 aliphatic rings. The van der Waals surface area contributed by atoms with Crippen LogP contribution in [0.2, 0.25) is 0 Å². The molecule has 0 spiro atoms. The molecule has 0 unspecified atom stereocenters. The highest BCUT2D eigenvalue weighted by Crippen LogP contribution is 2.55. The summed E-state index contributed by atoms with van der Waals surface area (Å²) < 4.78 is 19.0. The van der Waals surface area contributed by atoms with Crippen LogP contribution in [-0.2, 0) is 11.2 Å². The first-order valence-electron chi connectivity index (χ1n) is 8.46. The normalized spacial score (nSPS) is 34.0. The van der Waals surface area contributed by atoms with Crippen molar-refractivity contribution < 1.29 is 14.2 Å². The van der Waals surface area contributed by atoms with E-state index in [4.69, 9.17) is 14.2 Å². The molecule has 4 rings (SSSR count). The second kappa shape index (κ2) is 4.41. The molecular formula is C19H26O3. The van der Waals surface area contributed by atoms with Gasteiger partial charge >= 0.3 is 0 Å². The lowest BCUT2D eigenvalue weighted by atomic mass is 9.75. The first kappa shape index (κ1) is 14.4. The van der Waals surface area contributed by atoms with Gasteiger partial charge in [0.1, 0.15) is 11.2 Å². The molecule has 0 aliphatic carbocycles. The number of hydrogen-bond acceptors (Lipinski definition) is 3. The maximum Gasteiger partial charge on any atom is 0.168 e. The first-order chi connectivity index (χ1) is 10.3. The predicted octanol–water partition coefficient (Wildman–Crippen LogP) is 4.43. The van der Waals surface area contributed by atoms with Crippen LogP contribution in [-0.4, -0.2) is 17.3 Å². The molecule has 3 aliphatic heterocycles. The van der Waals surface area contributed by atoms with E-state index >= 15 is 0 Å². The van der Waals surface area contributed by atoms with Gasteiger partial charge in [-0.25, -0.2) is 0 Å². The van der Waals surface area contributed by atoms with E-state index in [-0.39, 0.29) is 17.3 Å². The molecule has 0 aromatic heterocycles. The van der Waals surface area contributed by atoms with Gasteiger partial charge in [-0.15, -0.1) is 0 Å². The predicted molar refractivity (Wildman–Crippen MR) is 85.6 cm³/mol. The summed E-state index contributed by atoms with van der Waals surface area (Å²) in [4.78, 5) is 0. The SMILES string of the molecule is C[C@H]1CC[C@H]2[C@H](O1)c1ccc3c(c1OC2(C)C)OC(C)(C)C3. The van der Waals surface area contributed by atoms with Gasteiger partial charge in [0.05, 0.1) is 12.2 Å². The Morgan fingerprint density at radius 2 is 1.77 bits per heavy atom. The van der Waals surface area contributed by atoms with Crippen LogP contribution >= 0.6 is 0 Å². The van der Waals surface area contributed by atoms with E-state index in [2.05, 4.69) is 46.8 Å². The summed E-state index contributed by atoms with van der Waals surface area (Å²) in [5, 5.41) is 0. The number of ether oxygens (including phenoxy) is 3. The summed E-state index contributed by atoms with van der Waals surface area (Å²) in [5.41, 5.74) is 2.06. The molecule has 1 aromatic rings. The lowest BCUT2D eigenvalue weighted by Gasteiger charge is -2.48. The molecular weight excluding hydrogens is 276 g/mol. The van der Waals surface area contributed by atoms with Gasteiger partial charge in [-0.1, -0.05) is 12.1 Å². The molecule has 3 atom stereocenters. The first-order valence-corrected chi connectivity index (χ1v) is 8.46. The standard InChI is InChI=1S/C19H26O3/c1-11-6-9-14-16(20-11)13-8-7-12-10-18(2,3)21-15(12)17(13)22-19(14,4)5/h7-8,11,14,16H,6,9-10H2,1-5H3/t11-,14-,16+/m0/s1. The minimum absolute atomic E-state index is 0.125. The van der Waals surface area contributed by atoms with Crippen LogP contribution in [0, 0.1) is 5.92 Å². The monoisotopic (exact) mass is 302 g/mol. The van der Waals surface area contributed by atoms with Gasteiger partial charge in [-0.2, -0.15) is 0 Å². The maximum atomic E-state index is 6.46. The van der Waals surface area contributed by atoms with Crippen LogP contribution in [0.5, 0.6) is 11.5 Å². The van der Waals surface area contributed by atoms with E-state index in [1.54, 1.807) is 0 Å². The quantitative estimate of drug-likeness (QED) is 0.709. The molecule has 0 bridgehead atoms. The Kier molecular flexibility index (Phi) is 2.88. The van der Waals surface area contributed by atoms with Gasteiger partial charge in [0.15, 0.2) is 11.5 Å². The average molecular weight is 302 g/mol. The van der Waals surface area contributed by atoms with Gasteiger partial charge < -0.3 is 14.2 Å². The summed E-state index contributed by atoms with van der Waals surface area (Å²) in [6.45, 7) is 10.8. The van der Waals surface area contributed by atoms with Crippen molar-refractivity contribution in [1.29, 1.82) is 0 Å². The molecule has 1 aromatic carbocycles. The Labute approximate surface area is 132 Å². The van der Waals surface area contributed by atoms with Crippen molar-refractivity contribution in [3.8, 4) is 11.5 Å². The molecule has 0 amide bonds. The van der Waals surface area contributed by atoms with Crippen molar-refractivity contribution >= 4 is 0 Å². The maximum absolute atomic E-state index is 6.46. The molecule has 0 radical (unpaired) electrons. The van der Waals surface area contributed by atoms with Crippen molar-refractivity contribution in [3.63, 3.8) is 0 Å². The lowest BCUT2D eigenvalue weighted by molar-refractivity contribution is -0.145. The van der Waals surface area contributed by atoms with Gasteiger partial charge in [-0.05, 0) is 47.5 Å². The number of fused-ring (bicyclic) bond motifs is 5. The zero-order valence-corrected chi connectivity index (χ0v) is 14.2. The highest BCUT2D eigenvalue weighted by atomic mass is 16.6. The zero-order valence-electron chi connectivity index (χ0n) is 14.2. The largest absolute Gasteiger partial charge is 0.483 e. The Bertz CT molecular complexity index is 617. The van der Waals surface area contributed by atoms with E-state index in [0.717, 1.165) is 30.8 Å². The second-order valence-electron chi connectivity index (χ2n) is 8.27. The summed E-state index contributed by atoms with van der Waals surface area (Å²) in [6, 6.07) is 4.40. The minimum atomic E-state index is -0.219. The summed E-state index contributed by atoms with van der Waals surface area (Å²) in [7, 11) is 0. The van der Waals surface area contributed by atoms with Crippen LogP contribution in [0.25, 0.3) is 0 Å². The Hall–Kier alpha value is -1.22. The van der Waals surface area contributed by atoms with Gasteiger partial charge in [0.25, 0.3) is 0 Å². The van der Waals surface area contributed by atoms with Crippen molar-refractivity contribution in [2.75, 3.05) is 0 Å². The molecule has 0 saturated carbocycles. The van der Waals surface area contributed by atoms with Gasteiger partial charge in [0.2, 0.25) is 0 Å². The molecule has 1 fully saturated rings. The number of rotatable bonds is 0. The van der Waals surface area contributed by atoms with Gasteiger partial charge in [0, 0.05) is 23.5 Å². The molecule has 3 nitrogen and oxygen atoms in total. The fourth-order valence-corrected chi connectivity index (χ4v) is 4.29. The highest BCUT2D eigenvalue weighted by Gasteiger charge is 2.49. The molecule has 1 saturated heterocycles. The highest BCUT2D eigenvalue weighted by molar-refractivity contribution is 5.57. The van der Waals surface area contributed by atoms with Crippen LogP contribution in [0.4, 0.5) is 0 Å². The van der Waals surface area contributed by atoms with Crippen molar-refractivity contribution in [2.24, 2.45) is 5.92 Å². The van der Waals surface area contributed by atoms with E-state index < -0.39 is 0 Å². The smallest absolute Gasteiger partial charge is 0.168 e. The lowest BCUT2D eigenvalue weighted by Crippen LogP contribution is -2.48. The summed E-state index contributed by atoms with van der Waals surface area (Å²) in [6.07, 6.45) is 3.64. The average Bonchev–Trinajstić information content (AvgIpc) is 2.72. The number of hydrogen-bond donors (Lipinski definition) is 0. The van der Waals surface area contributed by atoms with Crippen LogP contribution in [0.1, 0.15) is 64.7 Å². The minimum Gasteiger partial charge on any atom is -0.483 e. The second-order valence-corrected chi connectivity index (χ2v) is 8.27. The van der Waals surface area contributed by atoms with Gasteiger partial charge in [-0.3, -0.25) is 0 Å². The third-order valence-corrected chi connectivity index (χ3v) is 5.41. The fourth-order valence-electron chi connectivity index (χ4n) is 4.29. The van der Waals surface area contributed by atoms with E-state index in [9.17, 15) is 0 Å². The Morgan fingerprint density at radius 1 is 1.00 bits per heavy atom. The molecule has 22 heavy (non-hydrogen) atoms. The summed E-state index contributed by atoms with van der Waals surface area (Å²) in [5.74, 6) is 2.27. The van der Waals surface area contributed by atoms with E-state index in [0.29, 0.717) is 12.0 Å². The van der Waals surface area contributed by atoms with E-state index in [1.807, 2.05) is 0 Å². The molecule has 0 N–H and O–H groups in total. The molecule has 3 heterocycles. The Morgan fingerprint density at radius 3 is 2.55 bits per heavy atom. The summed E-state index contributed by atoms with van der Waals surface area (Å²) >= 11 is 0. The Balaban J connectivity index is 1.83. The topological polar surface area (TPSA) is 27.7 Å². The van der Waals surface area contributed by atoms with Crippen LogP contribution < -0.4 is 9.47 Å².